The summed E-state index contributed by atoms with van der Waals surface area (Å²) < 4.78 is 5.14. The summed E-state index contributed by atoms with van der Waals surface area (Å²) in [5.74, 6) is 0.831. The number of hydrogen-bond acceptors (Lipinski definition) is 3. The molecule has 0 aliphatic heterocycles. The topological polar surface area (TPSA) is 77.1 Å². The van der Waals surface area contributed by atoms with E-state index in [4.69, 9.17) is 16.2 Å². The third-order valence-corrected chi connectivity index (χ3v) is 2.57. The van der Waals surface area contributed by atoms with Crippen molar-refractivity contribution in [3.63, 3.8) is 0 Å². The van der Waals surface area contributed by atoms with E-state index in [-0.39, 0.29) is 6.04 Å². The van der Waals surface area contributed by atoms with Crippen LogP contribution in [0.4, 0.5) is 0 Å². The molecule has 0 saturated carbocycles. The molecular weight excluding hydrogens is 190 g/mol. The Morgan fingerprint density at radius 1 is 1.47 bits per heavy atom. The van der Waals surface area contributed by atoms with E-state index in [2.05, 4.69) is 4.98 Å². The first-order chi connectivity index (χ1) is 7.26. The molecule has 4 nitrogen and oxygen atoms in total. The molecule has 0 spiro atoms. The lowest BCUT2D eigenvalue weighted by Crippen LogP contribution is -2.20. The molecule has 0 aliphatic rings. The predicted molar refractivity (Wildman–Crippen MR) is 60.8 cm³/mol. The van der Waals surface area contributed by atoms with Gasteiger partial charge in [0.25, 0.3) is 0 Å². The molecule has 4 heteroatoms. The molecule has 0 fully saturated rings. The number of ether oxygens (including phenoxy) is 1. The normalized spacial score (nSPS) is 13.0. The molecule has 0 aliphatic carbocycles. The van der Waals surface area contributed by atoms with Crippen molar-refractivity contribution in [3.8, 4) is 5.75 Å². The molecule has 80 valence electrons. The summed E-state index contributed by atoms with van der Waals surface area (Å²) in [6, 6.07) is 5.74. The Balaban J connectivity index is 2.52. The summed E-state index contributed by atoms with van der Waals surface area (Å²) in [6.07, 6.45) is 1.90. The van der Waals surface area contributed by atoms with Gasteiger partial charge < -0.3 is 21.2 Å². The molecule has 0 radical (unpaired) electrons. The Morgan fingerprint density at radius 3 is 2.93 bits per heavy atom. The van der Waals surface area contributed by atoms with Crippen LogP contribution >= 0.6 is 0 Å². The maximum absolute atomic E-state index is 5.90. The minimum Gasteiger partial charge on any atom is -0.497 e. The van der Waals surface area contributed by atoms with Crippen molar-refractivity contribution < 1.29 is 4.74 Å². The number of aromatic nitrogens is 1. The van der Waals surface area contributed by atoms with Crippen LogP contribution in [-0.2, 0) is 0 Å². The zero-order valence-electron chi connectivity index (χ0n) is 8.66. The number of benzene rings is 1. The second kappa shape index (κ2) is 3.92. The molecule has 1 aromatic carbocycles. The van der Waals surface area contributed by atoms with Crippen LogP contribution in [0.2, 0.25) is 0 Å². The van der Waals surface area contributed by atoms with Gasteiger partial charge in [0, 0.05) is 35.8 Å². The molecule has 1 aromatic heterocycles. The molecule has 2 rings (SSSR count). The van der Waals surface area contributed by atoms with Gasteiger partial charge in [0.2, 0.25) is 0 Å². The lowest BCUT2D eigenvalue weighted by Gasteiger charge is -2.07. The van der Waals surface area contributed by atoms with Gasteiger partial charge in [-0.25, -0.2) is 0 Å². The number of hydrogen-bond donors (Lipinski definition) is 3. The number of H-pyrrole nitrogens is 1. The molecule has 15 heavy (non-hydrogen) atoms. The summed E-state index contributed by atoms with van der Waals surface area (Å²) in [6.45, 7) is 0.443. The SMILES string of the molecule is COc1ccc2c(C(N)CN)c[nH]c2c1. The first kappa shape index (κ1) is 10.0. The second-order valence-electron chi connectivity index (χ2n) is 3.50. The third-order valence-electron chi connectivity index (χ3n) is 2.57. The fourth-order valence-electron chi connectivity index (χ4n) is 1.69. The summed E-state index contributed by atoms with van der Waals surface area (Å²) in [5.41, 5.74) is 13.5. The van der Waals surface area contributed by atoms with Crippen molar-refractivity contribution in [2.24, 2.45) is 11.5 Å². The van der Waals surface area contributed by atoms with Crippen molar-refractivity contribution in [3.05, 3.63) is 30.0 Å². The maximum Gasteiger partial charge on any atom is 0.120 e. The highest BCUT2D eigenvalue weighted by Gasteiger charge is 2.10. The molecule has 0 amide bonds. The molecule has 1 heterocycles. The summed E-state index contributed by atoms with van der Waals surface area (Å²) in [7, 11) is 1.65. The van der Waals surface area contributed by atoms with Crippen molar-refractivity contribution >= 4 is 10.9 Å². The van der Waals surface area contributed by atoms with Crippen LogP contribution in [0.25, 0.3) is 10.9 Å². The van der Waals surface area contributed by atoms with Gasteiger partial charge in [0.15, 0.2) is 0 Å². The van der Waals surface area contributed by atoms with Gasteiger partial charge in [0.1, 0.15) is 5.75 Å². The largest absolute Gasteiger partial charge is 0.497 e. The number of aromatic amines is 1. The first-order valence-corrected chi connectivity index (χ1v) is 4.87. The number of methoxy groups -OCH3 is 1. The standard InChI is InChI=1S/C11H15N3O/c1-15-7-2-3-8-9(10(13)5-12)6-14-11(8)4-7/h2-4,6,10,14H,5,12-13H2,1H3. The fourth-order valence-corrected chi connectivity index (χ4v) is 1.69. The fraction of sp³-hybridized carbons (Fsp3) is 0.273. The zero-order valence-corrected chi connectivity index (χ0v) is 8.66. The van der Waals surface area contributed by atoms with Crippen molar-refractivity contribution in [1.29, 1.82) is 0 Å². The van der Waals surface area contributed by atoms with E-state index >= 15 is 0 Å². The van der Waals surface area contributed by atoms with Crippen LogP contribution in [0.3, 0.4) is 0 Å². The third kappa shape index (κ3) is 1.69. The maximum atomic E-state index is 5.90. The lowest BCUT2D eigenvalue weighted by atomic mass is 10.1. The van der Waals surface area contributed by atoms with Gasteiger partial charge in [-0.15, -0.1) is 0 Å². The van der Waals surface area contributed by atoms with E-state index in [1.165, 1.54) is 0 Å². The van der Waals surface area contributed by atoms with Gasteiger partial charge in [-0.1, -0.05) is 0 Å². The van der Waals surface area contributed by atoms with E-state index in [0.29, 0.717) is 6.54 Å². The molecule has 1 unspecified atom stereocenters. The summed E-state index contributed by atoms with van der Waals surface area (Å²) in [4.78, 5) is 3.16. The zero-order chi connectivity index (χ0) is 10.8. The van der Waals surface area contributed by atoms with Crippen LogP contribution in [0.5, 0.6) is 5.75 Å². The van der Waals surface area contributed by atoms with Crippen LogP contribution in [0, 0.1) is 0 Å². The molecule has 0 saturated heterocycles. The Kier molecular flexibility index (Phi) is 2.62. The molecule has 2 aromatic rings. The van der Waals surface area contributed by atoms with Crippen LogP contribution in [0.1, 0.15) is 11.6 Å². The van der Waals surface area contributed by atoms with Gasteiger partial charge in [0.05, 0.1) is 7.11 Å². The Morgan fingerprint density at radius 2 is 2.27 bits per heavy atom. The monoisotopic (exact) mass is 205 g/mol. The van der Waals surface area contributed by atoms with Crippen molar-refractivity contribution in [1.82, 2.24) is 4.98 Å². The van der Waals surface area contributed by atoms with Crippen LogP contribution in [0.15, 0.2) is 24.4 Å². The van der Waals surface area contributed by atoms with Crippen LogP contribution in [-0.4, -0.2) is 18.6 Å². The van der Waals surface area contributed by atoms with E-state index in [1.54, 1.807) is 7.11 Å². The predicted octanol–water partition coefficient (Wildman–Crippen LogP) is 1.13. The van der Waals surface area contributed by atoms with Crippen molar-refractivity contribution in [2.45, 2.75) is 6.04 Å². The van der Waals surface area contributed by atoms with Gasteiger partial charge in [-0.3, -0.25) is 0 Å². The number of nitrogens with two attached hydrogens (primary N) is 2. The Labute approximate surface area is 88.2 Å². The smallest absolute Gasteiger partial charge is 0.120 e. The number of fused-ring (bicyclic) bond motifs is 1. The van der Waals surface area contributed by atoms with E-state index in [9.17, 15) is 0 Å². The first-order valence-electron chi connectivity index (χ1n) is 4.87. The Bertz CT molecular complexity index is 464. The van der Waals surface area contributed by atoms with Gasteiger partial charge in [-0.05, 0) is 17.7 Å². The van der Waals surface area contributed by atoms with E-state index in [1.807, 2.05) is 24.4 Å². The lowest BCUT2D eigenvalue weighted by molar-refractivity contribution is 0.415. The average Bonchev–Trinajstić information content (AvgIpc) is 2.70. The second-order valence-corrected chi connectivity index (χ2v) is 3.50. The van der Waals surface area contributed by atoms with Gasteiger partial charge in [-0.2, -0.15) is 0 Å². The molecular formula is C11H15N3O. The van der Waals surface area contributed by atoms with Crippen LogP contribution < -0.4 is 16.2 Å². The number of nitrogens with one attached hydrogen (secondary N) is 1. The molecule has 5 N–H and O–H groups in total. The molecule has 0 bridgehead atoms. The van der Waals surface area contributed by atoms with Gasteiger partial charge >= 0.3 is 0 Å². The summed E-state index contributed by atoms with van der Waals surface area (Å²) >= 11 is 0. The quantitative estimate of drug-likeness (QED) is 0.703. The molecule has 1 atom stereocenters. The highest BCUT2D eigenvalue weighted by molar-refractivity contribution is 5.85. The Hall–Kier alpha value is -1.52. The van der Waals surface area contributed by atoms with E-state index in [0.717, 1.165) is 22.2 Å². The highest BCUT2D eigenvalue weighted by atomic mass is 16.5. The van der Waals surface area contributed by atoms with E-state index < -0.39 is 0 Å². The number of rotatable bonds is 3. The minimum absolute atomic E-state index is 0.118. The summed E-state index contributed by atoms with van der Waals surface area (Å²) in [5, 5.41) is 1.11. The minimum atomic E-state index is -0.118. The highest BCUT2D eigenvalue weighted by Crippen LogP contribution is 2.25. The average molecular weight is 205 g/mol. The van der Waals surface area contributed by atoms with Crippen molar-refractivity contribution in [2.75, 3.05) is 13.7 Å².